The topological polar surface area (TPSA) is 97.5 Å². The van der Waals surface area contributed by atoms with Gasteiger partial charge in [0.05, 0.1) is 4.92 Å². The Morgan fingerprint density at radius 1 is 1.40 bits per heavy atom. The Morgan fingerprint density at radius 3 is 2.13 bits per heavy atom. The summed E-state index contributed by atoms with van der Waals surface area (Å²) in [5.41, 5.74) is -0.899. The van der Waals surface area contributed by atoms with Crippen molar-refractivity contribution in [1.29, 1.82) is 0 Å². The molecule has 6 nitrogen and oxygen atoms in total. The van der Waals surface area contributed by atoms with Gasteiger partial charge in [0, 0.05) is 0 Å². The smallest absolute Gasteiger partial charge is 1.00 e. The van der Waals surface area contributed by atoms with Gasteiger partial charge in [0.25, 0.3) is 0 Å². The van der Waals surface area contributed by atoms with Crippen LogP contribution in [0.1, 0.15) is 1.43 Å². The van der Waals surface area contributed by atoms with Crippen molar-refractivity contribution in [2.24, 2.45) is 0 Å². The minimum atomic E-state index is -4.74. The van der Waals surface area contributed by atoms with Crippen LogP contribution in [0.3, 0.4) is 0 Å². The Balaban J connectivity index is 0. The van der Waals surface area contributed by atoms with E-state index < -0.39 is 34.3 Å². The van der Waals surface area contributed by atoms with Crippen molar-refractivity contribution in [3.05, 3.63) is 18.8 Å². The van der Waals surface area contributed by atoms with E-state index in [1.54, 1.807) is 0 Å². The Morgan fingerprint density at radius 2 is 1.87 bits per heavy atom. The molecule has 0 fully saturated rings. The zero-order valence-electron chi connectivity index (χ0n) is 8.10. The second kappa shape index (κ2) is 5.28. The molecule has 80 valence electrons. The van der Waals surface area contributed by atoms with Crippen LogP contribution >= 0.6 is 34.5 Å². The molecule has 0 saturated carbocycles. The van der Waals surface area contributed by atoms with Gasteiger partial charge >= 0.3 is 45.4 Å². The van der Waals surface area contributed by atoms with Crippen LogP contribution < -0.4 is 29.6 Å². The summed E-state index contributed by atoms with van der Waals surface area (Å²) in [6, 6.07) is 0. The van der Waals surface area contributed by atoms with Gasteiger partial charge in [0.2, 0.25) is 4.90 Å². The molecule has 11 heteroatoms. The Hall–Kier alpha value is 0.590. The summed E-state index contributed by atoms with van der Waals surface area (Å²) in [6.07, 6.45) is 0. The monoisotopic (exact) mass is 301 g/mol. The van der Waals surface area contributed by atoms with E-state index in [0.717, 1.165) is 0 Å². The zero-order chi connectivity index (χ0) is 11.1. The first-order valence-electron chi connectivity index (χ1n) is 2.84. The van der Waals surface area contributed by atoms with E-state index in [-0.39, 0.29) is 31.0 Å². The van der Waals surface area contributed by atoms with Crippen molar-refractivity contribution < 1.29 is 48.9 Å². The molecule has 0 aromatic carbocycles. The van der Waals surface area contributed by atoms with Gasteiger partial charge in [0.15, 0.2) is 4.34 Å². The van der Waals surface area contributed by atoms with Crippen LogP contribution in [-0.2, 0) is 10.1 Å². The number of rotatable bonds is 2. The van der Waals surface area contributed by atoms with E-state index in [1.807, 2.05) is 0 Å². The summed E-state index contributed by atoms with van der Waals surface area (Å²) in [4.78, 5) is 8.42. The van der Waals surface area contributed by atoms with Gasteiger partial charge in [-0.2, -0.15) is 8.42 Å². The number of nitro groups is 1. The molecule has 0 radical (unpaired) electrons. The minimum Gasteiger partial charge on any atom is -1.00 e. The first kappa shape index (κ1) is 15.6. The first-order chi connectivity index (χ1) is 6.25. The molecule has 0 aliphatic heterocycles. The van der Waals surface area contributed by atoms with Crippen molar-refractivity contribution in [2.45, 2.75) is 4.90 Å². The molecule has 0 spiro atoms. The van der Waals surface area contributed by atoms with Crippen LogP contribution in [0.2, 0.25) is 8.67 Å². The van der Waals surface area contributed by atoms with Gasteiger partial charge in [-0.1, -0.05) is 23.2 Å². The molecule has 15 heavy (non-hydrogen) atoms. The van der Waals surface area contributed by atoms with Gasteiger partial charge in [-0.05, 0) is 0 Å². The molecule has 0 aliphatic rings. The molecule has 1 N–H and O–H groups in total. The fourth-order valence-corrected chi connectivity index (χ4v) is 3.67. The predicted molar refractivity (Wildman–Crippen MR) is 51.9 cm³/mol. The number of thiophene rings is 1. The van der Waals surface area contributed by atoms with Gasteiger partial charge in [0.1, 0.15) is 4.34 Å². The third kappa shape index (κ3) is 3.27. The summed E-state index contributed by atoms with van der Waals surface area (Å²) in [6.45, 7) is 0. The minimum absolute atomic E-state index is 0. The van der Waals surface area contributed by atoms with Gasteiger partial charge < -0.3 is 1.43 Å². The van der Waals surface area contributed by atoms with E-state index in [1.165, 1.54) is 0 Å². The summed E-state index contributed by atoms with van der Waals surface area (Å²) in [5.74, 6) is 0. The Kier molecular flexibility index (Phi) is 5.49. The Bertz CT molecular complexity index is 503. The maximum absolute atomic E-state index is 10.7. The summed E-state index contributed by atoms with van der Waals surface area (Å²) in [5, 5.41) is 10.4. The summed E-state index contributed by atoms with van der Waals surface area (Å²) < 4.78 is 29.2. The molecule has 1 heterocycles. The molecule has 0 aliphatic carbocycles. The van der Waals surface area contributed by atoms with Crippen molar-refractivity contribution in [3.63, 3.8) is 0 Å². The first-order valence-corrected chi connectivity index (χ1v) is 5.86. The molecule has 1 aromatic rings. The molecule has 1 aromatic heterocycles. The number of halogens is 2. The van der Waals surface area contributed by atoms with Gasteiger partial charge in [-0.15, -0.1) is 11.3 Å². The van der Waals surface area contributed by atoms with Crippen molar-refractivity contribution >= 4 is 50.3 Å². The molecule has 0 bridgehead atoms. The van der Waals surface area contributed by atoms with Crippen LogP contribution in [0.4, 0.5) is 5.69 Å². The van der Waals surface area contributed by atoms with Crippen molar-refractivity contribution in [1.82, 2.24) is 0 Å². The maximum atomic E-state index is 10.7. The van der Waals surface area contributed by atoms with Crippen LogP contribution in [0, 0.1) is 10.1 Å². The van der Waals surface area contributed by atoms with Crippen molar-refractivity contribution in [3.8, 4) is 0 Å². The van der Waals surface area contributed by atoms with E-state index in [9.17, 15) is 18.5 Å². The average Bonchev–Trinajstić information content (AvgIpc) is 2.23. The molecular weight excluding hydrogens is 300 g/mol. The van der Waals surface area contributed by atoms with E-state index in [2.05, 4.69) is 0 Å². The summed E-state index contributed by atoms with van der Waals surface area (Å²) >= 11 is 11.2. The number of nitrogens with zero attached hydrogens (tertiary/aromatic N) is 1. The third-order valence-electron chi connectivity index (χ3n) is 1.20. The quantitative estimate of drug-likeness (QED) is 0.338. The van der Waals surface area contributed by atoms with E-state index in [0.29, 0.717) is 11.3 Å². The largest absolute Gasteiger partial charge is 1.00 e. The van der Waals surface area contributed by atoms with Crippen LogP contribution in [0.25, 0.3) is 0 Å². The molecule has 1 rings (SSSR count). The van der Waals surface area contributed by atoms with Gasteiger partial charge in [-0.25, -0.2) is 0 Å². The molecular formula is C4H2Cl2NNaO5S2. The molecule has 0 atom stereocenters. The predicted octanol–water partition coefficient (Wildman–Crippen LogP) is -0.674. The number of hydrogen-bond acceptors (Lipinski definition) is 5. The van der Waals surface area contributed by atoms with Crippen LogP contribution in [0.5, 0.6) is 0 Å². The van der Waals surface area contributed by atoms with Crippen molar-refractivity contribution in [2.75, 3.05) is 0 Å². The van der Waals surface area contributed by atoms with Gasteiger partial charge in [-0.3, -0.25) is 14.7 Å². The SMILES string of the molecule is O=[N+]([O-])c1c(Cl)sc(Cl)c1S(=O)(=O)O.[H-].[Na+]. The van der Waals surface area contributed by atoms with Crippen LogP contribution in [-0.4, -0.2) is 17.9 Å². The molecule has 0 unspecified atom stereocenters. The normalized spacial score (nSPS) is 10.9. The summed E-state index contributed by atoms with van der Waals surface area (Å²) in [7, 11) is -4.74. The molecule has 0 saturated heterocycles. The fourth-order valence-electron chi connectivity index (χ4n) is 0.734. The van der Waals surface area contributed by atoms with E-state index in [4.69, 9.17) is 27.8 Å². The number of hydrogen-bond donors (Lipinski definition) is 1. The zero-order valence-corrected chi connectivity index (χ0v) is 12.2. The average molecular weight is 302 g/mol. The fraction of sp³-hybridized carbons (Fsp3) is 0. The second-order valence-corrected chi connectivity index (χ2v) is 5.64. The Labute approximate surface area is 122 Å². The molecule has 0 amide bonds. The van der Waals surface area contributed by atoms with Crippen LogP contribution in [0.15, 0.2) is 4.90 Å². The second-order valence-electron chi connectivity index (χ2n) is 2.06. The van der Waals surface area contributed by atoms with E-state index >= 15 is 0 Å². The third-order valence-corrected chi connectivity index (χ3v) is 3.94. The standard InChI is InChI=1S/C4HCl2NO5S2.Na.H/c5-3-1(7(8)9)2(4(6)13-3)14(10,11)12;;/h(H,10,11,12);;/q;+1;-1. The maximum Gasteiger partial charge on any atom is 1.00 e.